The Hall–Kier alpha value is -4.22. The highest BCUT2D eigenvalue weighted by molar-refractivity contribution is 6.47. The normalized spacial score (nSPS) is 24.3. The average molecular weight is 726 g/mol. The Morgan fingerprint density at radius 2 is 1.53 bits per heavy atom. The second-order valence-electron chi connectivity index (χ2n) is 16.2. The van der Waals surface area contributed by atoms with Crippen molar-refractivity contribution in [3.05, 3.63) is 72.3 Å². The lowest BCUT2D eigenvalue weighted by atomic mass is 9.43. The molecule has 284 valence electrons. The van der Waals surface area contributed by atoms with Crippen molar-refractivity contribution in [3.8, 4) is 28.4 Å². The first-order valence-corrected chi connectivity index (χ1v) is 18.9. The number of rotatable bonds is 15. The van der Waals surface area contributed by atoms with Gasteiger partial charge in [0.1, 0.15) is 12.1 Å². The standard InChI is InChI=1S/C42H56BN3O7/c1-25(2)20-32(39(47)44-26(3)43-52-36-24-30-23-35(41(30,4)5)42(36,6)53-43)46-40(48)33(22-29-18-19-34(49-7)38(51-9)37(29)50-8)45-31-17-13-16-28(21-31)27-14-11-10-12-15-27/h10-19,21,25-26,30,32-33,35-36,45H,20,22-24H2,1-9H3,(H,44,47)(H,46,48)/t26-,30-,32+,33-,35-,36+,42-/m0/s1. The number of ether oxygens (including phenoxy) is 3. The highest BCUT2D eigenvalue weighted by Gasteiger charge is 2.68. The molecule has 3 N–H and O–H groups in total. The SMILES string of the molecule is COc1ccc(C[C@H](Nc2cccc(-c3ccccc3)c2)C(=O)N[C@H](CC(C)C)C(=O)N[C@@H](C)B2O[C@@H]3C[C@@H]4C[C@@H](C4(C)C)[C@]3(C)O2)c(OC)c1OC. The number of hydrogen-bond donors (Lipinski definition) is 3. The largest absolute Gasteiger partial charge is 0.493 e. The molecule has 0 radical (unpaired) electrons. The van der Waals surface area contributed by atoms with Gasteiger partial charge in [0.25, 0.3) is 0 Å². The zero-order valence-corrected chi connectivity index (χ0v) is 32.7. The van der Waals surface area contributed by atoms with Crippen LogP contribution in [0, 0.1) is 23.2 Å². The molecular formula is C42H56BN3O7. The number of nitrogens with one attached hydrogen (secondary N) is 3. The maximum absolute atomic E-state index is 14.4. The minimum atomic E-state index is -0.789. The van der Waals surface area contributed by atoms with Crippen LogP contribution in [-0.2, 0) is 25.3 Å². The quantitative estimate of drug-likeness (QED) is 0.148. The van der Waals surface area contributed by atoms with Gasteiger partial charge in [0, 0.05) is 17.7 Å². The van der Waals surface area contributed by atoms with Crippen molar-refractivity contribution in [3.63, 3.8) is 0 Å². The van der Waals surface area contributed by atoms with Crippen LogP contribution in [0.25, 0.3) is 11.1 Å². The fraction of sp³-hybridized carbons (Fsp3) is 0.524. The zero-order chi connectivity index (χ0) is 38.1. The van der Waals surface area contributed by atoms with E-state index in [1.54, 1.807) is 27.4 Å². The van der Waals surface area contributed by atoms with Gasteiger partial charge in [-0.2, -0.15) is 0 Å². The number of benzene rings is 3. The second kappa shape index (κ2) is 15.6. The van der Waals surface area contributed by atoms with E-state index in [9.17, 15) is 9.59 Å². The first-order valence-electron chi connectivity index (χ1n) is 18.9. The number of anilines is 1. The summed E-state index contributed by atoms with van der Waals surface area (Å²) in [6.07, 6.45) is 2.82. The third-order valence-electron chi connectivity index (χ3n) is 11.9. The molecule has 1 aliphatic heterocycles. The van der Waals surface area contributed by atoms with Gasteiger partial charge in [0.05, 0.1) is 39.0 Å². The summed E-state index contributed by atoms with van der Waals surface area (Å²) >= 11 is 0. The molecule has 7 rings (SSSR count). The van der Waals surface area contributed by atoms with Gasteiger partial charge < -0.3 is 39.5 Å². The van der Waals surface area contributed by atoms with Crippen molar-refractivity contribution in [2.75, 3.05) is 26.6 Å². The number of carbonyl (C=O) groups excluding carboxylic acids is 2. The fourth-order valence-electron chi connectivity index (χ4n) is 8.86. The minimum Gasteiger partial charge on any atom is -0.493 e. The van der Waals surface area contributed by atoms with Crippen molar-refractivity contribution >= 4 is 24.6 Å². The first-order chi connectivity index (χ1) is 25.3. The van der Waals surface area contributed by atoms with Crippen LogP contribution in [0.1, 0.15) is 66.4 Å². The molecule has 4 aliphatic rings. The molecule has 0 aromatic heterocycles. The van der Waals surface area contributed by atoms with Crippen LogP contribution in [-0.4, -0.2) is 70.0 Å². The summed E-state index contributed by atoms with van der Waals surface area (Å²) in [6, 6.07) is 20.1. The monoisotopic (exact) mass is 725 g/mol. The summed E-state index contributed by atoms with van der Waals surface area (Å²) in [5.41, 5.74) is 3.41. The van der Waals surface area contributed by atoms with E-state index in [0.717, 1.165) is 35.2 Å². The van der Waals surface area contributed by atoms with E-state index in [2.05, 4.69) is 36.7 Å². The second-order valence-corrected chi connectivity index (χ2v) is 16.2. The molecule has 0 unspecified atom stereocenters. The molecule has 7 atom stereocenters. The summed E-state index contributed by atoms with van der Waals surface area (Å²) < 4.78 is 30.1. The fourth-order valence-corrected chi connectivity index (χ4v) is 8.86. The highest BCUT2D eigenvalue weighted by atomic mass is 16.7. The zero-order valence-electron chi connectivity index (χ0n) is 32.7. The van der Waals surface area contributed by atoms with Crippen molar-refractivity contribution < 1.29 is 33.1 Å². The van der Waals surface area contributed by atoms with Crippen LogP contribution in [0.2, 0.25) is 0 Å². The Bertz CT molecular complexity index is 1770. The van der Waals surface area contributed by atoms with Crippen molar-refractivity contribution in [1.29, 1.82) is 0 Å². The number of carbonyl (C=O) groups is 2. The lowest BCUT2D eigenvalue weighted by Crippen LogP contribution is -2.65. The number of hydrogen-bond acceptors (Lipinski definition) is 8. The van der Waals surface area contributed by atoms with Gasteiger partial charge in [-0.15, -0.1) is 0 Å². The predicted octanol–water partition coefficient (Wildman–Crippen LogP) is 6.71. The summed E-state index contributed by atoms with van der Waals surface area (Å²) in [5, 5.41) is 9.73. The van der Waals surface area contributed by atoms with Gasteiger partial charge >= 0.3 is 7.12 Å². The summed E-state index contributed by atoms with van der Waals surface area (Å²) in [4.78, 5) is 28.5. The molecule has 3 saturated carbocycles. The Labute approximate surface area is 315 Å². The molecular weight excluding hydrogens is 669 g/mol. The molecule has 3 aromatic rings. The molecule has 3 aliphatic carbocycles. The van der Waals surface area contributed by atoms with Gasteiger partial charge in [-0.25, -0.2) is 0 Å². The molecule has 1 saturated heterocycles. The van der Waals surface area contributed by atoms with Crippen molar-refractivity contribution in [2.24, 2.45) is 23.2 Å². The first kappa shape index (κ1) is 38.5. The molecule has 0 spiro atoms. The Morgan fingerprint density at radius 3 is 2.19 bits per heavy atom. The molecule has 53 heavy (non-hydrogen) atoms. The maximum Gasteiger partial charge on any atom is 0.481 e. The van der Waals surface area contributed by atoms with E-state index in [-0.39, 0.29) is 41.3 Å². The van der Waals surface area contributed by atoms with E-state index in [0.29, 0.717) is 35.5 Å². The average Bonchev–Trinajstić information content (AvgIpc) is 3.51. The van der Waals surface area contributed by atoms with Crippen LogP contribution in [0.15, 0.2) is 66.7 Å². The van der Waals surface area contributed by atoms with Crippen molar-refractivity contribution in [1.82, 2.24) is 10.6 Å². The summed E-state index contributed by atoms with van der Waals surface area (Å²) in [7, 11) is 4.12. The van der Waals surface area contributed by atoms with Crippen LogP contribution in [0.3, 0.4) is 0 Å². The van der Waals surface area contributed by atoms with Gasteiger partial charge in [0.15, 0.2) is 11.5 Å². The van der Waals surface area contributed by atoms with Crippen LogP contribution in [0.4, 0.5) is 5.69 Å². The predicted molar refractivity (Wildman–Crippen MR) is 208 cm³/mol. The lowest BCUT2D eigenvalue weighted by molar-refractivity contribution is -0.199. The number of amides is 2. The summed E-state index contributed by atoms with van der Waals surface area (Å²) in [5.74, 6) is 1.60. The molecule has 2 amide bonds. The Balaban J connectivity index is 1.22. The van der Waals surface area contributed by atoms with Crippen LogP contribution < -0.4 is 30.2 Å². The van der Waals surface area contributed by atoms with Gasteiger partial charge in [0.2, 0.25) is 17.6 Å². The summed E-state index contributed by atoms with van der Waals surface area (Å²) in [6.45, 7) is 12.8. The van der Waals surface area contributed by atoms with Crippen molar-refractivity contribution in [2.45, 2.75) is 97.0 Å². The van der Waals surface area contributed by atoms with E-state index in [1.807, 2.05) is 81.4 Å². The lowest BCUT2D eigenvalue weighted by Gasteiger charge is -2.64. The van der Waals surface area contributed by atoms with Crippen LogP contribution in [0.5, 0.6) is 17.2 Å². The molecule has 11 heteroatoms. The topological polar surface area (TPSA) is 116 Å². The van der Waals surface area contributed by atoms with E-state index < -0.39 is 25.1 Å². The Kier molecular flexibility index (Phi) is 11.4. The minimum absolute atomic E-state index is 0.00980. The van der Waals surface area contributed by atoms with E-state index >= 15 is 0 Å². The van der Waals surface area contributed by atoms with E-state index in [4.69, 9.17) is 23.5 Å². The maximum atomic E-state index is 14.4. The third kappa shape index (κ3) is 7.74. The molecule has 2 bridgehead atoms. The highest BCUT2D eigenvalue weighted by Crippen LogP contribution is 2.65. The molecule has 1 heterocycles. The molecule has 4 fully saturated rings. The van der Waals surface area contributed by atoms with Crippen LogP contribution >= 0.6 is 0 Å². The Morgan fingerprint density at radius 1 is 0.830 bits per heavy atom. The molecule has 10 nitrogen and oxygen atoms in total. The van der Waals surface area contributed by atoms with Gasteiger partial charge in [-0.05, 0) is 85.6 Å². The number of methoxy groups -OCH3 is 3. The van der Waals surface area contributed by atoms with E-state index in [1.165, 1.54) is 0 Å². The van der Waals surface area contributed by atoms with Gasteiger partial charge in [-0.3, -0.25) is 9.59 Å². The smallest absolute Gasteiger partial charge is 0.481 e. The third-order valence-corrected chi connectivity index (χ3v) is 11.9. The molecule has 3 aromatic carbocycles. The van der Waals surface area contributed by atoms with Gasteiger partial charge in [-0.1, -0.05) is 76.2 Å².